The normalized spacial score (nSPS) is 17.4. The molecule has 0 spiro atoms. The molecule has 21 heteroatoms. The minimum absolute atomic E-state index is 0.0181. The van der Waals surface area contributed by atoms with Crippen molar-refractivity contribution in [1.29, 1.82) is 5.26 Å². The number of fused-ring (bicyclic) bond motifs is 1. The van der Waals surface area contributed by atoms with Crippen molar-refractivity contribution in [3.63, 3.8) is 0 Å². The van der Waals surface area contributed by atoms with Crippen LogP contribution in [0.15, 0.2) is 48.5 Å². The van der Waals surface area contributed by atoms with Crippen molar-refractivity contribution in [2.75, 3.05) is 29.5 Å². The molecular weight excluding hydrogens is 822 g/mol. The first kappa shape index (κ1) is 42.8. The average Bonchev–Trinajstić information content (AvgIpc) is 3.53. The van der Waals surface area contributed by atoms with Gasteiger partial charge in [0.15, 0.2) is 17.5 Å². The number of ether oxygens (including phenoxy) is 1. The maximum Gasteiger partial charge on any atom is 0.420 e. The molecule has 0 bridgehead atoms. The summed E-state index contributed by atoms with van der Waals surface area (Å²) in [6, 6.07) is 9.09. The molecule has 6 rings (SSSR count). The minimum Gasteiger partial charge on any atom is -0.483 e. The maximum atomic E-state index is 15.4. The third-order valence-electron chi connectivity index (χ3n) is 9.89. The molecule has 7 amide bonds. The number of nitrogens with one attached hydrogen (secondary N) is 3. The zero-order valence-electron chi connectivity index (χ0n) is 31.5. The van der Waals surface area contributed by atoms with Gasteiger partial charge in [-0.1, -0.05) is 6.07 Å². The summed E-state index contributed by atoms with van der Waals surface area (Å²) in [7, 11) is 0. The number of imide groups is 2. The fourth-order valence-electron chi connectivity index (χ4n) is 6.95. The van der Waals surface area contributed by atoms with Crippen LogP contribution in [0.2, 0.25) is 0 Å². The number of halogens is 5. The second-order valence-corrected chi connectivity index (χ2v) is 14.5. The van der Waals surface area contributed by atoms with Crippen LogP contribution < -0.4 is 30.5 Å². The lowest BCUT2D eigenvalue weighted by molar-refractivity contribution is -0.140. The first-order chi connectivity index (χ1) is 28.3. The number of rotatable bonds is 12. The first-order valence-electron chi connectivity index (χ1n) is 18.1. The molecule has 2 fully saturated rings. The number of hydrogen-bond donors (Lipinski definition) is 3. The SMILES string of the molecule is CC1(C)C(=O)N(c2ccc(C#N)c(C(F)(F)F)c2F)C(=S)N1c1ccc(C(=O)NCCCCNC(=O)COc2cccc3c2C(=O)N(C2CCC(=O)NC2=O)C3=O)c(F)c1. The average molecular weight is 854 g/mol. The van der Waals surface area contributed by atoms with Gasteiger partial charge in [0.05, 0.1) is 34.0 Å². The summed E-state index contributed by atoms with van der Waals surface area (Å²) in [6.45, 7) is 2.34. The highest BCUT2D eigenvalue weighted by Gasteiger charge is 2.52. The summed E-state index contributed by atoms with van der Waals surface area (Å²) in [5, 5.41) is 15.9. The number of thiocarbonyl (C=S) groups is 1. The fraction of sp³-hybridized carbons (Fsp3) is 0.308. The van der Waals surface area contributed by atoms with Crippen LogP contribution >= 0.6 is 12.2 Å². The predicted molar refractivity (Wildman–Crippen MR) is 202 cm³/mol. The molecule has 2 saturated heterocycles. The van der Waals surface area contributed by atoms with Crippen LogP contribution in [0.5, 0.6) is 5.75 Å². The Morgan fingerprint density at radius 3 is 2.35 bits per heavy atom. The van der Waals surface area contributed by atoms with Gasteiger partial charge >= 0.3 is 6.18 Å². The second kappa shape index (κ2) is 16.4. The Bertz CT molecular complexity index is 2440. The van der Waals surface area contributed by atoms with Crippen LogP contribution in [-0.2, 0) is 25.4 Å². The standard InChI is InChI=1S/C39H32F5N7O8S/c1-38(2)36(58)50(24-11-8-19(17-45)30(31(24)41)39(42,43)44)37(60)51(38)20-9-10-21(23(40)16-20)32(54)47-15-4-3-14-46-28(53)18-59-26-7-5-6-22-29(26)35(57)49(34(22)56)25-12-13-27(52)48-33(25)55/h5-11,16,25H,3-4,12-15,18H2,1-2H3,(H,46,53)(H,47,54)(H,48,52,55). The predicted octanol–water partition coefficient (Wildman–Crippen LogP) is 3.88. The highest BCUT2D eigenvalue weighted by Crippen LogP contribution is 2.42. The van der Waals surface area contributed by atoms with Gasteiger partial charge in [0, 0.05) is 25.2 Å². The Morgan fingerprint density at radius 1 is 1.00 bits per heavy atom. The Hall–Kier alpha value is -6.82. The highest BCUT2D eigenvalue weighted by molar-refractivity contribution is 7.81. The van der Waals surface area contributed by atoms with Crippen LogP contribution in [0.4, 0.5) is 33.3 Å². The van der Waals surface area contributed by atoms with Gasteiger partial charge in [-0.25, -0.2) is 8.78 Å². The third kappa shape index (κ3) is 7.84. The number of hydrogen-bond acceptors (Lipinski definition) is 10. The third-order valence-corrected chi connectivity index (χ3v) is 10.3. The highest BCUT2D eigenvalue weighted by atomic mass is 32.1. The summed E-state index contributed by atoms with van der Waals surface area (Å²) in [5.74, 6) is -8.12. The topological polar surface area (TPSA) is 198 Å². The van der Waals surface area contributed by atoms with E-state index in [1.165, 1.54) is 44.2 Å². The zero-order chi connectivity index (χ0) is 43.8. The Morgan fingerprint density at radius 2 is 1.70 bits per heavy atom. The first-order valence-corrected chi connectivity index (χ1v) is 18.5. The largest absolute Gasteiger partial charge is 0.483 e. The van der Waals surface area contributed by atoms with E-state index < -0.39 is 105 Å². The summed E-state index contributed by atoms with van der Waals surface area (Å²) < 4.78 is 77.3. The fourth-order valence-corrected chi connectivity index (χ4v) is 7.46. The molecule has 15 nitrogen and oxygen atoms in total. The van der Waals surface area contributed by atoms with Crippen molar-refractivity contribution in [3.05, 3.63) is 88.0 Å². The molecule has 3 aliphatic rings. The number of carbonyl (C=O) groups is 7. The van der Waals surface area contributed by atoms with E-state index >= 15 is 8.78 Å². The molecule has 0 saturated carbocycles. The van der Waals surface area contributed by atoms with Crippen molar-refractivity contribution < 1.29 is 60.3 Å². The number of alkyl halides is 3. The summed E-state index contributed by atoms with van der Waals surface area (Å²) in [5.41, 5.74) is -5.98. The van der Waals surface area contributed by atoms with Gasteiger partial charge in [0.1, 0.15) is 28.7 Å². The lowest BCUT2D eigenvalue weighted by Crippen LogP contribution is -2.54. The minimum atomic E-state index is -5.27. The molecule has 1 atom stereocenters. The number of carbonyl (C=O) groups excluding carboxylic acids is 7. The van der Waals surface area contributed by atoms with Crippen LogP contribution in [0.3, 0.4) is 0 Å². The van der Waals surface area contributed by atoms with Gasteiger partial charge < -0.3 is 20.3 Å². The van der Waals surface area contributed by atoms with E-state index in [0.717, 1.165) is 28.0 Å². The van der Waals surface area contributed by atoms with Crippen molar-refractivity contribution in [2.45, 2.75) is 57.3 Å². The van der Waals surface area contributed by atoms with Gasteiger partial charge in [-0.3, -0.25) is 48.7 Å². The molecular formula is C39H32F5N7O8S. The lowest BCUT2D eigenvalue weighted by Gasteiger charge is -2.29. The van der Waals surface area contributed by atoms with E-state index in [-0.39, 0.29) is 48.5 Å². The quantitative estimate of drug-likeness (QED) is 0.104. The number of piperidine rings is 1. The molecule has 1 unspecified atom stereocenters. The molecule has 3 aromatic carbocycles. The molecule has 3 N–H and O–H groups in total. The molecule has 0 aromatic heterocycles. The van der Waals surface area contributed by atoms with Crippen molar-refractivity contribution >= 4 is 70.1 Å². The summed E-state index contributed by atoms with van der Waals surface area (Å²) in [6.07, 6.45) is -4.66. The van der Waals surface area contributed by atoms with Gasteiger partial charge in [-0.05, 0) is 87.8 Å². The smallest absolute Gasteiger partial charge is 0.420 e. The maximum absolute atomic E-state index is 15.4. The van der Waals surface area contributed by atoms with E-state index in [2.05, 4.69) is 16.0 Å². The molecule has 312 valence electrons. The van der Waals surface area contributed by atoms with Gasteiger partial charge in [-0.15, -0.1) is 0 Å². The van der Waals surface area contributed by atoms with Crippen LogP contribution in [0, 0.1) is 23.0 Å². The molecule has 3 heterocycles. The lowest BCUT2D eigenvalue weighted by atomic mass is 10.0. The van der Waals surface area contributed by atoms with E-state index in [1.807, 2.05) is 0 Å². The number of benzene rings is 3. The molecule has 3 aliphatic heterocycles. The molecule has 0 radical (unpaired) electrons. The molecule has 0 aliphatic carbocycles. The number of anilines is 2. The van der Waals surface area contributed by atoms with Crippen LogP contribution in [0.1, 0.15) is 81.7 Å². The molecule has 3 aromatic rings. The number of nitrogens with zero attached hydrogens (tertiary/aromatic N) is 4. The zero-order valence-corrected chi connectivity index (χ0v) is 32.3. The van der Waals surface area contributed by atoms with E-state index in [4.69, 9.17) is 22.2 Å². The monoisotopic (exact) mass is 853 g/mol. The van der Waals surface area contributed by atoms with E-state index in [0.29, 0.717) is 23.8 Å². The van der Waals surface area contributed by atoms with E-state index in [9.17, 15) is 46.7 Å². The van der Waals surface area contributed by atoms with Gasteiger partial charge in [0.25, 0.3) is 29.5 Å². The van der Waals surface area contributed by atoms with Gasteiger partial charge in [0.2, 0.25) is 11.8 Å². The van der Waals surface area contributed by atoms with Crippen LogP contribution in [-0.4, -0.2) is 82.6 Å². The number of amides is 7. The van der Waals surface area contributed by atoms with Crippen LogP contribution in [0.25, 0.3) is 0 Å². The van der Waals surface area contributed by atoms with Crippen molar-refractivity contribution in [3.8, 4) is 11.8 Å². The van der Waals surface area contributed by atoms with E-state index in [1.54, 1.807) is 0 Å². The number of nitriles is 1. The Kier molecular flexibility index (Phi) is 11.7. The summed E-state index contributed by atoms with van der Waals surface area (Å²) >= 11 is 5.38. The van der Waals surface area contributed by atoms with Crippen molar-refractivity contribution in [2.24, 2.45) is 0 Å². The Balaban J connectivity index is 0.991. The second-order valence-electron chi connectivity index (χ2n) is 14.1. The van der Waals surface area contributed by atoms with Crippen molar-refractivity contribution in [1.82, 2.24) is 20.9 Å². The number of unbranched alkanes of at least 4 members (excludes halogenated alkanes) is 1. The Labute approximate surface area is 342 Å². The van der Waals surface area contributed by atoms with Gasteiger partial charge in [-0.2, -0.15) is 18.4 Å². The molecule has 60 heavy (non-hydrogen) atoms. The summed E-state index contributed by atoms with van der Waals surface area (Å²) in [4.78, 5) is 91.3.